The van der Waals surface area contributed by atoms with Crippen molar-refractivity contribution in [1.82, 2.24) is 24.7 Å². The van der Waals surface area contributed by atoms with Gasteiger partial charge in [0.25, 0.3) is 0 Å². The zero-order valence-corrected chi connectivity index (χ0v) is 49.1. The van der Waals surface area contributed by atoms with Crippen molar-refractivity contribution in [3.05, 3.63) is 42.6 Å². The number of azide groups is 1. The molecule has 0 bridgehead atoms. The predicted octanol–water partition coefficient (Wildman–Crippen LogP) is 11.0. The molecule has 0 N–H and O–H groups in total. The summed E-state index contributed by atoms with van der Waals surface area (Å²) in [5.41, 5.74) is 9.58. The zero-order chi connectivity index (χ0) is 56.5. The number of likely N-dealkylation sites (N-methyl/N-ethyl adjacent to an activating group) is 1. The van der Waals surface area contributed by atoms with Crippen molar-refractivity contribution in [2.45, 2.75) is 196 Å². The fraction of sp³-hybridized carbons (Fsp3) is 0.759. The maximum Gasteiger partial charge on any atom is 0.357 e. The molecule has 422 valence electrons. The lowest BCUT2D eigenvalue weighted by atomic mass is 9.82. The largest absolute Gasteiger partial charge is 0.464 e. The molecule has 1 aliphatic heterocycles. The van der Waals surface area contributed by atoms with Crippen molar-refractivity contribution >= 4 is 64.1 Å². The molecule has 19 nitrogen and oxygen atoms in total. The molecule has 0 saturated carbocycles. The summed E-state index contributed by atoms with van der Waals surface area (Å²) < 4.78 is 20.6. The van der Waals surface area contributed by atoms with E-state index in [1.54, 1.807) is 15.7 Å². The van der Waals surface area contributed by atoms with Crippen molar-refractivity contribution in [2.75, 3.05) is 41.3 Å². The first-order valence-corrected chi connectivity index (χ1v) is 28.6. The number of Topliss-reactive ketones (excluding diaryl/α,β-unsaturated/α-hetero) is 1. The Labute approximate surface area is 454 Å². The third kappa shape index (κ3) is 20.5. The predicted molar refractivity (Wildman–Crippen MR) is 291 cm³/mol. The van der Waals surface area contributed by atoms with E-state index < -0.39 is 23.9 Å². The van der Waals surface area contributed by atoms with Crippen LogP contribution < -0.4 is 0 Å². The Balaban J connectivity index is 0.000000523. The van der Waals surface area contributed by atoms with Gasteiger partial charge in [0.05, 0.1) is 30.3 Å². The minimum Gasteiger partial charge on any atom is -0.464 e. The van der Waals surface area contributed by atoms with E-state index in [1.807, 2.05) is 90.1 Å². The fourth-order valence-corrected chi connectivity index (χ4v) is 10.8. The molecular formula is C54H88N8O11S2. The lowest BCUT2D eigenvalue weighted by molar-refractivity contribution is -0.161. The van der Waals surface area contributed by atoms with Crippen molar-refractivity contribution < 1.29 is 52.5 Å². The number of esters is 4. The minimum absolute atomic E-state index is 0.0130. The van der Waals surface area contributed by atoms with Gasteiger partial charge in [0, 0.05) is 64.8 Å². The minimum atomic E-state index is -0.901. The molecule has 9 atom stereocenters. The summed E-state index contributed by atoms with van der Waals surface area (Å²) in [5, 5.41) is 8.64. The molecule has 2 unspecified atom stereocenters. The number of piperidine rings is 1. The van der Waals surface area contributed by atoms with Crippen molar-refractivity contribution in [3.8, 4) is 0 Å². The SMILES string of the molecule is CCCC(=O)OCN(C(=O)C(N=[N+]=[N-])[C@@H](C)CC)[C@H](C[C@@H](C)c1nc(C(=O)OC)cs1)C(C)C.CCCC(=O)OCN(C(=O)[C@@H](CC(=O)C1CCCCN1C)[C@@H](C)CC)[C@H](C[C@@H](C)c1nc(C(=O)OC)cs1)C(C)C. The number of ketones is 1. The van der Waals surface area contributed by atoms with E-state index in [4.69, 9.17) is 24.5 Å². The Morgan fingerprint density at radius 2 is 1.17 bits per heavy atom. The number of hydrogen-bond acceptors (Lipinski definition) is 17. The van der Waals surface area contributed by atoms with E-state index in [0.717, 1.165) is 42.2 Å². The highest BCUT2D eigenvalue weighted by molar-refractivity contribution is 7.10. The van der Waals surface area contributed by atoms with Crippen LogP contribution in [0.5, 0.6) is 0 Å². The van der Waals surface area contributed by atoms with Crippen LogP contribution in [-0.4, -0.2) is 132 Å². The van der Waals surface area contributed by atoms with Gasteiger partial charge in [-0.15, -0.1) is 22.7 Å². The number of likely N-dealkylation sites (tertiary alicyclic amines) is 1. The standard InChI is InChI=1S/C31H51N3O6S.C23H37N5O5S/c1-9-13-28(36)40-19-34(26(20(3)4)16-22(6)29-32-24(18-41-29)31(38)39-8)30(37)23(21(5)10-2)17-27(35)25-14-11-12-15-33(25)7;1-8-10-19(29)33-13-28(22(30)20(26-27-24)15(5)9-2)18(14(3)4)11-16(6)21-25-17(12-34-21)23(31)32-7/h18,20-23,25-26H,9-17,19H2,1-8H3;12,14-16,18,20H,8-11,13H2,1-7H3/t21-,22+,23-,25?,26+;15-,16+,18+,20?/m00/s1. The second kappa shape index (κ2) is 33.9. The van der Waals surface area contributed by atoms with E-state index >= 15 is 0 Å². The molecule has 3 heterocycles. The molecule has 1 aliphatic rings. The lowest BCUT2D eigenvalue weighted by Crippen LogP contribution is -2.50. The molecule has 21 heteroatoms. The van der Waals surface area contributed by atoms with E-state index in [9.17, 15) is 33.6 Å². The molecular weight excluding hydrogens is 1000 g/mol. The number of methoxy groups -OCH3 is 2. The molecule has 2 aromatic heterocycles. The molecule has 1 fully saturated rings. The molecule has 75 heavy (non-hydrogen) atoms. The summed E-state index contributed by atoms with van der Waals surface area (Å²) in [4.78, 5) is 107. The maximum absolute atomic E-state index is 14.4. The Hall–Kier alpha value is -4.98. The summed E-state index contributed by atoms with van der Waals surface area (Å²) >= 11 is 2.74. The van der Waals surface area contributed by atoms with Gasteiger partial charge in [-0.2, -0.15) is 0 Å². The van der Waals surface area contributed by atoms with Crippen LogP contribution in [0.2, 0.25) is 0 Å². The van der Waals surface area contributed by atoms with Gasteiger partial charge in [0.2, 0.25) is 11.8 Å². The van der Waals surface area contributed by atoms with E-state index in [1.165, 1.54) is 41.8 Å². The van der Waals surface area contributed by atoms with E-state index in [2.05, 4.69) is 24.9 Å². The third-order valence-electron chi connectivity index (χ3n) is 14.2. The quantitative estimate of drug-likeness (QED) is 0.0177. The highest BCUT2D eigenvalue weighted by Crippen LogP contribution is 2.34. The van der Waals surface area contributed by atoms with Gasteiger partial charge in [-0.05, 0) is 81.3 Å². The smallest absolute Gasteiger partial charge is 0.357 e. The monoisotopic (exact) mass is 1090 g/mol. The number of nitrogens with zero attached hydrogens (tertiary/aromatic N) is 8. The van der Waals surface area contributed by atoms with Crippen LogP contribution in [0, 0.1) is 29.6 Å². The molecule has 1 saturated heterocycles. The Morgan fingerprint density at radius 3 is 1.56 bits per heavy atom. The normalized spacial score (nSPS) is 16.8. The van der Waals surface area contributed by atoms with E-state index in [0.29, 0.717) is 32.1 Å². The summed E-state index contributed by atoms with van der Waals surface area (Å²) in [6.45, 7) is 24.2. The second-order valence-electron chi connectivity index (χ2n) is 20.6. The number of amides is 2. The van der Waals surface area contributed by atoms with Gasteiger partial charge >= 0.3 is 23.9 Å². The number of hydrogen-bond donors (Lipinski definition) is 0. The Morgan fingerprint density at radius 1 is 0.720 bits per heavy atom. The van der Waals surface area contributed by atoms with Crippen molar-refractivity contribution in [2.24, 2.45) is 34.7 Å². The third-order valence-corrected chi connectivity index (χ3v) is 16.4. The van der Waals surface area contributed by atoms with Gasteiger partial charge in [0.15, 0.2) is 30.6 Å². The molecule has 0 spiro atoms. The van der Waals surface area contributed by atoms with Crippen LogP contribution >= 0.6 is 22.7 Å². The number of carbonyl (C=O) groups excluding carboxylic acids is 7. The first kappa shape index (κ1) is 66.1. The van der Waals surface area contributed by atoms with Crippen molar-refractivity contribution in [1.29, 1.82) is 0 Å². The molecule has 3 rings (SSSR count). The van der Waals surface area contributed by atoms with Crippen LogP contribution in [0.3, 0.4) is 0 Å². The van der Waals surface area contributed by atoms with Gasteiger partial charge in [-0.25, -0.2) is 19.6 Å². The summed E-state index contributed by atoms with van der Waals surface area (Å²) in [7, 11) is 4.62. The fourth-order valence-electron chi connectivity index (χ4n) is 9.07. The first-order chi connectivity index (χ1) is 35.5. The van der Waals surface area contributed by atoms with Crippen LogP contribution in [0.4, 0.5) is 0 Å². The number of rotatable bonds is 30. The second-order valence-corrected chi connectivity index (χ2v) is 22.4. The van der Waals surface area contributed by atoms with Crippen LogP contribution in [0.25, 0.3) is 10.4 Å². The van der Waals surface area contributed by atoms with Gasteiger partial charge in [-0.1, -0.05) is 107 Å². The number of ether oxygens (including phenoxy) is 4. The van der Waals surface area contributed by atoms with Crippen LogP contribution in [0.1, 0.15) is 203 Å². The highest BCUT2D eigenvalue weighted by Gasteiger charge is 2.39. The average molecular weight is 1090 g/mol. The molecule has 0 aliphatic carbocycles. The number of aromatic nitrogens is 2. The molecule has 0 radical (unpaired) electrons. The van der Waals surface area contributed by atoms with E-state index in [-0.39, 0.29) is 127 Å². The Kier molecular flexibility index (Phi) is 29.9. The van der Waals surface area contributed by atoms with Crippen LogP contribution in [0.15, 0.2) is 15.9 Å². The summed E-state index contributed by atoms with van der Waals surface area (Å²) in [5.74, 6) is -2.89. The first-order valence-electron chi connectivity index (χ1n) is 26.8. The summed E-state index contributed by atoms with van der Waals surface area (Å²) in [6.07, 6.45) is 7.42. The lowest BCUT2D eigenvalue weighted by Gasteiger charge is -2.39. The van der Waals surface area contributed by atoms with Gasteiger partial charge in [-0.3, -0.25) is 28.9 Å². The molecule has 2 aromatic rings. The summed E-state index contributed by atoms with van der Waals surface area (Å²) in [6, 6.07) is -1.64. The Bertz CT molecular complexity index is 2180. The van der Waals surface area contributed by atoms with Crippen LogP contribution in [-0.2, 0) is 42.9 Å². The van der Waals surface area contributed by atoms with Gasteiger partial charge in [0.1, 0.15) is 6.04 Å². The van der Waals surface area contributed by atoms with Crippen molar-refractivity contribution in [3.63, 3.8) is 0 Å². The van der Waals surface area contributed by atoms with Gasteiger partial charge < -0.3 is 28.7 Å². The zero-order valence-electron chi connectivity index (χ0n) is 47.5. The molecule has 0 aromatic carbocycles. The maximum atomic E-state index is 14.4. The number of thiazole rings is 2. The topological polar surface area (TPSA) is 241 Å². The highest BCUT2D eigenvalue weighted by atomic mass is 32.1. The molecule has 2 amide bonds. The average Bonchev–Trinajstić information content (AvgIpc) is 4.10. The number of carbonyl (C=O) groups is 7.